The van der Waals surface area contributed by atoms with Crippen LogP contribution in [0.5, 0.6) is 5.75 Å². The van der Waals surface area contributed by atoms with Crippen LogP contribution in [0.4, 0.5) is 5.69 Å². The molecule has 2 rings (SSSR count). The van der Waals surface area contributed by atoms with Gasteiger partial charge < -0.3 is 10.1 Å². The molecule has 1 N–H and O–H groups in total. The lowest BCUT2D eigenvalue weighted by Gasteiger charge is -2.35. The zero-order valence-corrected chi connectivity index (χ0v) is 15.9. The molecule has 0 saturated carbocycles. The number of hydrogen-bond acceptors (Lipinski definition) is 4. The number of piperidine rings is 1. The van der Waals surface area contributed by atoms with Crippen molar-refractivity contribution in [2.24, 2.45) is 5.92 Å². The maximum absolute atomic E-state index is 12.1. The number of rotatable bonds is 8. The standard InChI is InChI=1S/C19H30N2O2S/c1-15(14-24-3)21-11-9-16(10-12-21)7-8-19(22)20-17-5-4-6-18(13-17)23-2/h4-6,13,15-16H,7-12,14H2,1-3H3,(H,20,22). The van der Waals surface area contributed by atoms with Crippen molar-refractivity contribution >= 4 is 23.4 Å². The van der Waals surface area contributed by atoms with E-state index in [1.807, 2.05) is 36.0 Å². The first-order valence-electron chi connectivity index (χ1n) is 8.79. The molecule has 0 aromatic heterocycles. The summed E-state index contributed by atoms with van der Waals surface area (Å²) in [7, 11) is 1.63. The molecule has 1 amide bonds. The monoisotopic (exact) mass is 350 g/mol. The van der Waals surface area contributed by atoms with Crippen molar-refractivity contribution in [2.75, 3.05) is 37.5 Å². The molecule has 1 aromatic carbocycles. The summed E-state index contributed by atoms with van der Waals surface area (Å²) in [6, 6.07) is 8.18. The van der Waals surface area contributed by atoms with Crippen molar-refractivity contribution in [3.8, 4) is 5.75 Å². The molecule has 1 unspecified atom stereocenters. The third kappa shape index (κ3) is 6.02. The lowest BCUT2D eigenvalue weighted by molar-refractivity contribution is -0.116. The van der Waals surface area contributed by atoms with Crippen molar-refractivity contribution in [2.45, 2.75) is 38.6 Å². The van der Waals surface area contributed by atoms with Crippen LogP contribution in [-0.4, -0.2) is 49.1 Å². The molecule has 1 aliphatic rings. The molecule has 0 spiro atoms. The number of likely N-dealkylation sites (tertiary alicyclic amines) is 1. The highest BCUT2D eigenvalue weighted by molar-refractivity contribution is 7.98. The van der Waals surface area contributed by atoms with Gasteiger partial charge in [-0.15, -0.1) is 0 Å². The first-order valence-corrected chi connectivity index (χ1v) is 10.2. The number of ether oxygens (including phenoxy) is 1. The summed E-state index contributed by atoms with van der Waals surface area (Å²) >= 11 is 1.92. The minimum Gasteiger partial charge on any atom is -0.497 e. The smallest absolute Gasteiger partial charge is 0.224 e. The van der Waals surface area contributed by atoms with Gasteiger partial charge in [0.1, 0.15) is 5.75 Å². The van der Waals surface area contributed by atoms with Crippen LogP contribution in [0, 0.1) is 5.92 Å². The van der Waals surface area contributed by atoms with Gasteiger partial charge in [0.15, 0.2) is 0 Å². The predicted octanol–water partition coefficient (Wildman–Crippen LogP) is 3.88. The molecule has 1 atom stereocenters. The van der Waals surface area contributed by atoms with Crippen LogP contribution in [0.25, 0.3) is 0 Å². The number of thioether (sulfide) groups is 1. The second kappa shape index (κ2) is 9.94. The molecule has 0 bridgehead atoms. The van der Waals surface area contributed by atoms with E-state index in [1.54, 1.807) is 7.11 Å². The Hall–Kier alpha value is -1.20. The van der Waals surface area contributed by atoms with Gasteiger partial charge >= 0.3 is 0 Å². The third-order valence-corrected chi connectivity index (χ3v) is 5.63. The van der Waals surface area contributed by atoms with E-state index in [9.17, 15) is 4.79 Å². The van der Waals surface area contributed by atoms with Crippen molar-refractivity contribution in [3.63, 3.8) is 0 Å². The van der Waals surface area contributed by atoms with Gasteiger partial charge in [-0.1, -0.05) is 6.07 Å². The largest absolute Gasteiger partial charge is 0.497 e. The van der Waals surface area contributed by atoms with Gasteiger partial charge in [0.25, 0.3) is 0 Å². The van der Waals surface area contributed by atoms with Crippen LogP contribution in [0.15, 0.2) is 24.3 Å². The van der Waals surface area contributed by atoms with Gasteiger partial charge in [-0.05, 0) is 63.6 Å². The van der Waals surface area contributed by atoms with E-state index in [4.69, 9.17) is 4.74 Å². The van der Waals surface area contributed by atoms with E-state index in [1.165, 1.54) is 31.7 Å². The maximum atomic E-state index is 12.1. The minimum atomic E-state index is 0.0985. The SMILES string of the molecule is COc1cccc(NC(=O)CCC2CCN(C(C)CSC)CC2)c1. The maximum Gasteiger partial charge on any atom is 0.224 e. The summed E-state index contributed by atoms with van der Waals surface area (Å²) in [5.74, 6) is 2.74. The summed E-state index contributed by atoms with van der Waals surface area (Å²) in [4.78, 5) is 14.7. The Bertz CT molecular complexity index is 516. The zero-order valence-electron chi connectivity index (χ0n) is 15.1. The van der Waals surface area contributed by atoms with Crippen LogP contribution in [0.2, 0.25) is 0 Å². The molecule has 0 aliphatic carbocycles. The first-order chi connectivity index (χ1) is 11.6. The van der Waals surface area contributed by atoms with Gasteiger partial charge in [-0.25, -0.2) is 0 Å². The molecule has 1 saturated heterocycles. The molecule has 5 heteroatoms. The van der Waals surface area contributed by atoms with Gasteiger partial charge in [-0.3, -0.25) is 9.69 Å². The number of anilines is 1. The molecule has 1 fully saturated rings. The van der Waals surface area contributed by atoms with Crippen molar-refractivity contribution in [1.82, 2.24) is 4.90 Å². The summed E-state index contributed by atoms with van der Waals surface area (Å²) in [5.41, 5.74) is 0.806. The molecular weight excluding hydrogens is 320 g/mol. The second-order valence-corrected chi connectivity index (χ2v) is 7.51. The number of amides is 1. The molecule has 1 aliphatic heterocycles. The van der Waals surface area contributed by atoms with E-state index < -0.39 is 0 Å². The molecule has 0 radical (unpaired) electrons. The molecule has 1 aromatic rings. The van der Waals surface area contributed by atoms with Gasteiger partial charge in [0.2, 0.25) is 5.91 Å². The molecule has 4 nitrogen and oxygen atoms in total. The number of nitrogens with one attached hydrogen (secondary N) is 1. The number of hydrogen-bond donors (Lipinski definition) is 1. The van der Waals surface area contributed by atoms with Crippen LogP contribution in [0.1, 0.15) is 32.6 Å². The number of methoxy groups -OCH3 is 1. The number of nitrogens with zero attached hydrogens (tertiary/aromatic N) is 1. The predicted molar refractivity (Wildman–Crippen MR) is 103 cm³/mol. The Labute approximate surface area is 150 Å². The van der Waals surface area contributed by atoms with Crippen LogP contribution < -0.4 is 10.1 Å². The fraction of sp³-hybridized carbons (Fsp3) is 0.632. The van der Waals surface area contributed by atoms with Crippen molar-refractivity contribution in [1.29, 1.82) is 0 Å². The van der Waals surface area contributed by atoms with E-state index in [0.717, 1.165) is 17.9 Å². The second-order valence-electron chi connectivity index (χ2n) is 6.60. The molecule has 134 valence electrons. The lowest BCUT2D eigenvalue weighted by Crippen LogP contribution is -2.41. The number of benzene rings is 1. The average Bonchev–Trinajstić information content (AvgIpc) is 2.61. The highest BCUT2D eigenvalue weighted by atomic mass is 32.2. The lowest BCUT2D eigenvalue weighted by atomic mass is 9.91. The fourth-order valence-corrected chi connectivity index (χ4v) is 3.98. The minimum absolute atomic E-state index is 0.0985. The summed E-state index contributed by atoms with van der Waals surface area (Å²) in [6.45, 7) is 4.66. The van der Waals surface area contributed by atoms with Crippen LogP contribution in [0.3, 0.4) is 0 Å². The topological polar surface area (TPSA) is 41.6 Å². The van der Waals surface area contributed by atoms with E-state index in [2.05, 4.69) is 23.4 Å². The Morgan fingerprint density at radius 1 is 1.42 bits per heavy atom. The Morgan fingerprint density at radius 2 is 2.17 bits per heavy atom. The fourth-order valence-electron chi connectivity index (χ4n) is 3.29. The van der Waals surface area contributed by atoms with Gasteiger partial charge in [0, 0.05) is 30.0 Å². The zero-order chi connectivity index (χ0) is 17.4. The Kier molecular flexibility index (Phi) is 7.92. The Morgan fingerprint density at radius 3 is 2.83 bits per heavy atom. The van der Waals surface area contributed by atoms with Crippen LogP contribution >= 0.6 is 11.8 Å². The van der Waals surface area contributed by atoms with Crippen molar-refractivity contribution in [3.05, 3.63) is 24.3 Å². The summed E-state index contributed by atoms with van der Waals surface area (Å²) in [6.07, 6.45) is 6.18. The van der Waals surface area contributed by atoms with Crippen LogP contribution in [-0.2, 0) is 4.79 Å². The molecule has 1 heterocycles. The highest BCUT2D eigenvalue weighted by Gasteiger charge is 2.22. The normalized spacial score (nSPS) is 17.5. The third-order valence-electron chi connectivity index (χ3n) is 4.81. The summed E-state index contributed by atoms with van der Waals surface area (Å²) in [5, 5.41) is 2.97. The van der Waals surface area contributed by atoms with Crippen molar-refractivity contribution < 1.29 is 9.53 Å². The van der Waals surface area contributed by atoms with E-state index in [-0.39, 0.29) is 5.91 Å². The molecular formula is C19H30N2O2S. The van der Waals surface area contributed by atoms with E-state index >= 15 is 0 Å². The van der Waals surface area contributed by atoms with E-state index in [0.29, 0.717) is 18.4 Å². The number of carbonyl (C=O) groups is 1. The summed E-state index contributed by atoms with van der Waals surface area (Å²) < 4.78 is 5.18. The Balaban J connectivity index is 1.69. The van der Waals surface area contributed by atoms with Gasteiger partial charge in [-0.2, -0.15) is 11.8 Å². The molecule has 24 heavy (non-hydrogen) atoms. The number of carbonyl (C=O) groups excluding carboxylic acids is 1. The first kappa shape index (κ1) is 19.1. The van der Waals surface area contributed by atoms with Gasteiger partial charge in [0.05, 0.1) is 7.11 Å². The average molecular weight is 351 g/mol. The quantitative estimate of drug-likeness (QED) is 0.772. The highest BCUT2D eigenvalue weighted by Crippen LogP contribution is 2.24.